The van der Waals surface area contributed by atoms with Gasteiger partial charge >= 0.3 is 0 Å². The molecule has 2 atom stereocenters. The van der Waals surface area contributed by atoms with Crippen molar-refractivity contribution in [1.82, 2.24) is 10.6 Å². The molecule has 41 heavy (non-hydrogen) atoms. The average Bonchev–Trinajstić information content (AvgIpc) is 3.36. The zero-order valence-corrected chi connectivity index (χ0v) is 25.4. The molecule has 2 aromatic rings. The van der Waals surface area contributed by atoms with Crippen LogP contribution in [0.1, 0.15) is 62.6 Å². The van der Waals surface area contributed by atoms with E-state index in [0.29, 0.717) is 47.8 Å². The molecule has 2 amide bonds. The fraction of sp³-hybridized carbons (Fsp3) is 0.516. The molecular weight excluding hydrogens is 542 g/mol. The number of anilines is 1. The molecule has 2 aliphatic rings. The van der Waals surface area contributed by atoms with E-state index in [2.05, 4.69) is 16.0 Å². The van der Waals surface area contributed by atoms with Crippen LogP contribution in [0.2, 0.25) is 0 Å². The molecule has 0 aromatic heterocycles. The van der Waals surface area contributed by atoms with Crippen LogP contribution in [0.3, 0.4) is 0 Å². The van der Waals surface area contributed by atoms with Gasteiger partial charge in [-0.1, -0.05) is 18.9 Å². The Hall–Kier alpha value is -3.40. The molecule has 1 fully saturated rings. The van der Waals surface area contributed by atoms with Gasteiger partial charge in [-0.3, -0.25) is 14.4 Å². The number of amides is 2. The highest BCUT2D eigenvalue weighted by Gasteiger charge is 2.30. The number of ether oxygens (including phenoxy) is 3. The van der Waals surface area contributed by atoms with E-state index < -0.39 is 12.1 Å². The highest BCUT2D eigenvalue weighted by atomic mass is 32.2. The molecule has 0 saturated heterocycles. The van der Waals surface area contributed by atoms with Crippen LogP contribution < -0.4 is 35.6 Å². The molecule has 0 heterocycles. The van der Waals surface area contributed by atoms with Gasteiger partial charge in [0.25, 0.3) is 0 Å². The molecule has 0 aliphatic heterocycles. The summed E-state index contributed by atoms with van der Waals surface area (Å²) in [5.74, 6) is 1.99. The minimum absolute atomic E-state index is 0.0848. The van der Waals surface area contributed by atoms with Gasteiger partial charge in [-0.25, -0.2) is 0 Å². The van der Waals surface area contributed by atoms with Gasteiger partial charge in [0.2, 0.25) is 23.0 Å². The number of carbonyl (C=O) groups excluding carboxylic acids is 2. The first-order valence-corrected chi connectivity index (χ1v) is 15.5. The van der Waals surface area contributed by atoms with Crippen molar-refractivity contribution in [3.63, 3.8) is 0 Å². The summed E-state index contributed by atoms with van der Waals surface area (Å²) in [6, 6.07) is 6.33. The lowest BCUT2D eigenvalue weighted by atomic mass is 9.95. The second-order valence-electron chi connectivity index (χ2n) is 10.6. The van der Waals surface area contributed by atoms with E-state index in [-0.39, 0.29) is 23.3 Å². The van der Waals surface area contributed by atoms with Gasteiger partial charge in [-0.2, -0.15) is 11.8 Å². The number of rotatable bonds is 11. The van der Waals surface area contributed by atoms with Crippen molar-refractivity contribution in [2.24, 2.45) is 0 Å². The molecule has 0 bridgehead atoms. The van der Waals surface area contributed by atoms with E-state index in [1.165, 1.54) is 6.92 Å². The second-order valence-corrected chi connectivity index (χ2v) is 11.5. The number of aryl methyl sites for hydroxylation is 1. The fourth-order valence-corrected chi connectivity index (χ4v) is 6.36. The standard InChI is InChI=1S/C31H41N3O6S/c1-18(35)32-23-12-10-19-16-27(38-2)29(39-3)30(40-4)28(19)21-11-13-24(26(36)17-22(21)23)34-25(14-15-41-5)31(37)33-20-8-6-7-9-20/h11,13,16-17,20,23,25H,6-10,12,14-15H2,1-5H3,(H,32,35)(H,33,37)(H,34,36). The Kier molecular flexibility index (Phi) is 10.4. The van der Waals surface area contributed by atoms with Crippen molar-refractivity contribution in [3.8, 4) is 28.4 Å². The van der Waals surface area contributed by atoms with Crippen LogP contribution in [0.25, 0.3) is 11.1 Å². The Balaban J connectivity index is 1.83. The van der Waals surface area contributed by atoms with E-state index in [0.717, 1.165) is 48.1 Å². The third kappa shape index (κ3) is 6.92. The van der Waals surface area contributed by atoms with E-state index in [4.69, 9.17) is 14.2 Å². The minimum atomic E-state index is -0.546. The summed E-state index contributed by atoms with van der Waals surface area (Å²) < 4.78 is 17.1. The summed E-state index contributed by atoms with van der Waals surface area (Å²) in [7, 11) is 4.70. The number of thioether (sulfide) groups is 1. The molecule has 2 unspecified atom stereocenters. The third-order valence-corrected chi connectivity index (χ3v) is 8.52. The van der Waals surface area contributed by atoms with Crippen molar-refractivity contribution in [2.75, 3.05) is 38.7 Å². The van der Waals surface area contributed by atoms with Crippen LogP contribution in [0, 0.1) is 0 Å². The van der Waals surface area contributed by atoms with Crippen LogP contribution in [-0.4, -0.2) is 57.2 Å². The first-order chi connectivity index (χ1) is 19.8. The van der Waals surface area contributed by atoms with Crippen LogP contribution >= 0.6 is 11.8 Å². The lowest BCUT2D eigenvalue weighted by Crippen LogP contribution is -2.44. The van der Waals surface area contributed by atoms with Crippen LogP contribution in [0.4, 0.5) is 5.69 Å². The van der Waals surface area contributed by atoms with Crippen molar-refractivity contribution in [2.45, 2.75) is 70.0 Å². The molecule has 2 aromatic carbocycles. The highest BCUT2D eigenvalue weighted by Crippen LogP contribution is 2.50. The second kappa shape index (κ2) is 14.0. The number of fused-ring (bicyclic) bond motifs is 3. The molecule has 3 N–H and O–H groups in total. The summed E-state index contributed by atoms with van der Waals surface area (Å²) in [6.45, 7) is 1.47. The van der Waals surface area contributed by atoms with E-state index >= 15 is 0 Å². The predicted octanol–water partition coefficient (Wildman–Crippen LogP) is 4.46. The van der Waals surface area contributed by atoms with E-state index in [1.807, 2.05) is 18.4 Å². The maximum atomic E-state index is 13.7. The first-order valence-electron chi connectivity index (χ1n) is 14.1. The molecule has 0 radical (unpaired) electrons. The number of methoxy groups -OCH3 is 3. The van der Waals surface area contributed by atoms with Gasteiger partial charge in [0.15, 0.2) is 11.5 Å². The number of nitrogens with one attached hydrogen (secondary N) is 3. The Labute approximate surface area is 246 Å². The molecule has 4 rings (SSSR count). The average molecular weight is 584 g/mol. The third-order valence-electron chi connectivity index (χ3n) is 7.87. The summed E-state index contributed by atoms with van der Waals surface area (Å²) >= 11 is 1.66. The molecule has 0 spiro atoms. The molecule has 2 aliphatic carbocycles. The number of carbonyl (C=O) groups is 2. The van der Waals surface area contributed by atoms with Gasteiger partial charge < -0.3 is 30.2 Å². The molecule has 222 valence electrons. The molecule has 1 saturated carbocycles. The maximum Gasteiger partial charge on any atom is 0.242 e. The first kappa shape index (κ1) is 30.6. The monoisotopic (exact) mass is 583 g/mol. The lowest BCUT2D eigenvalue weighted by Gasteiger charge is -2.21. The van der Waals surface area contributed by atoms with Gasteiger partial charge in [0.1, 0.15) is 6.04 Å². The normalized spacial score (nSPS) is 17.0. The predicted molar refractivity (Wildman–Crippen MR) is 163 cm³/mol. The minimum Gasteiger partial charge on any atom is -0.493 e. The largest absolute Gasteiger partial charge is 0.493 e. The molecular formula is C31H41N3O6S. The zero-order valence-electron chi connectivity index (χ0n) is 24.6. The van der Waals surface area contributed by atoms with E-state index in [9.17, 15) is 14.4 Å². The van der Waals surface area contributed by atoms with Crippen LogP contribution in [0.5, 0.6) is 17.2 Å². The topological polar surface area (TPSA) is 115 Å². The van der Waals surface area contributed by atoms with Crippen molar-refractivity contribution in [3.05, 3.63) is 45.6 Å². The van der Waals surface area contributed by atoms with Crippen molar-refractivity contribution >= 4 is 29.3 Å². The van der Waals surface area contributed by atoms with Crippen molar-refractivity contribution < 1.29 is 23.8 Å². The summed E-state index contributed by atoms with van der Waals surface area (Å²) in [4.78, 5) is 39.2. The maximum absolute atomic E-state index is 13.7. The summed E-state index contributed by atoms with van der Waals surface area (Å²) in [5, 5.41) is 9.47. The Morgan fingerprint density at radius 3 is 2.37 bits per heavy atom. The number of hydrogen-bond donors (Lipinski definition) is 3. The molecule has 9 nitrogen and oxygen atoms in total. The van der Waals surface area contributed by atoms with Gasteiger partial charge in [-0.05, 0) is 79.0 Å². The quantitative estimate of drug-likeness (QED) is 0.355. The van der Waals surface area contributed by atoms with Gasteiger partial charge in [0.05, 0.1) is 33.1 Å². The lowest BCUT2D eigenvalue weighted by molar-refractivity contribution is -0.122. The summed E-state index contributed by atoms with van der Waals surface area (Å²) in [6.07, 6.45) is 7.99. The Morgan fingerprint density at radius 2 is 1.73 bits per heavy atom. The SMILES string of the molecule is COc1cc2c(c(OC)c1OC)-c1ccc(NC(CCSC)C(=O)NC3CCCC3)c(=O)cc1C(NC(C)=O)CC2. The van der Waals surface area contributed by atoms with Crippen molar-refractivity contribution in [1.29, 1.82) is 0 Å². The smallest absolute Gasteiger partial charge is 0.242 e. The summed E-state index contributed by atoms with van der Waals surface area (Å²) in [5.41, 5.74) is 3.23. The van der Waals surface area contributed by atoms with Crippen LogP contribution in [0.15, 0.2) is 29.1 Å². The molecule has 10 heteroatoms. The zero-order chi connectivity index (χ0) is 29.5. The highest BCUT2D eigenvalue weighted by molar-refractivity contribution is 7.98. The van der Waals surface area contributed by atoms with E-state index in [1.54, 1.807) is 45.2 Å². The van der Waals surface area contributed by atoms with Crippen LogP contribution in [-0.2, 0) is 16.0 Å². The Bertz CT molecular complexity index is 1330. The fourth-order valence-electron chi connectivity index (χ4n) is 5.89. The number of hydrogen-bond acceptors (Lipinski definition) is 8. The number of benzene rings is 1. The Morgan fingerprint density at radius 1 is 1.00 bits per heavy atom. The van der Waals surface area contributed by atoms with Gasteiger partial charge in [-0.15, -0.1) is 0 Å². The van der Waals surface area contributed by atoms with Gasteiger partial charge in [0, 0.05) is 18.5 Å².